The SMILES string of the molecule is O=S(=O)(c1ccc(CNC2CC2)cc1)N1CCCCCC1. The second-order valence-corrected chi connectivity index (χ2v) is 8.06. The van der Waals surface area contributed by atoms with Gasteiger partial charge in [0, 0.05) is 25.7 Å². The summed E-state index contributed by atoms with van der Waals surface area (Å²) in [7, 11) is -3.31. The topological polar surface area (TPSA) is 49.4 Å². The highest BCUT2D eigenvalue weighted by Gasteiger charge is 2.25. The largest absolute Gasteiger partial charge is 0.310 e. The van der Waals surface area contributed by atoms with Crippen molar-refractivity contribution >= 4 is 10.0 Å². The Morgan fingerprint density at radius 2 is 1.62 bits per heavy atom. The molecule has 1 heterocycles. The lowest BCUT2D eigenvalue weighted by molar-refractivity contribution is 0.423. The molecule has 0 aromatic heterocycles. The van der Waals surface area contributed by atoms with Crippen LogP contribution in [0.25, 0.3) is 0 Å². The Balaban J connectivity index is 1.68. The number of hydrogen-bond acceptors (Lipinski definition) is 3. The highest BCUT2D eigenvalue weighted by atomic mass is 32.2. The maximum atomic E-state index is 12.6. The van der Waals surface area contributed by atoms with Gasteiger partial charge in [-0.1, -0.05) is 25.0 Å². The average Bonchev–Trinajstić information content (AvgIpc) is 3.32. The maximum absolute atomic E-state index is 12.6. The van der Waals surface area contributed by atoms with Crippen LogP contribution in [-0.2, 0) is 16.6 Å². The van der Waals surface area contributed by atoms with E-state index < -0.39 is 10.0 Å². The van der Waals surface area contributed by atoms with E-state index in [4.69, 9.17) is 0 Å². The Bertz CT molecular complexity index is 556. The van der Waals surface area contributed by atoms with E-state index in [9.17, 15) is 8.42 Å². The molecular weight excluding hydrogens is 284 g/mol. The highest BCUT2D eigenvalue weighted by molar-refractivity contribution is 7.89. The fourth-order valence-corrected chi connectivity index (χ4v) is 4.28. The minimum atomic E-state index is -3.31. The van der Waals surface area contributed by atoms with Gasteiger partial charge in [-0.05, 0) is 43.4 Å². The second kappa shape index (κ2) is 6.46. The van der Waals surface area contributed by atoms with Gasteiger partial charge in [0.1, 0.15) is 0 Å². The molecule has 1 aromatic rings. The molecule has 5 heteroatoms. The van der Waals surface area contributed by atoms with E-state index in [0.717, 1.165) is 37.8 Å². The van der Waals surface area contributed by atoms with Crippen molar-refractivity contribution < 1.29 is 8.42 Å². The van der Waals surface area contributed by atoms with Gasteiger partial charge in [-0.15, -0.1) is 0 Å². The number of nitrogens with one attached hydrogen (secondary N) is 1. The van der Waals surface area contributed by atoms with Crippen LogP contribution in [-0.4, -0.2) is 31.9 Å². The molecule has 1 saturated carbocycles. The predicted octanol–water partition coefficient (Wildman–Crippen LogP) is 2.50. The summed E-state index contributed by atoms with van der Waals surface area (Å²) < 4.78 is 26.9. The van der Waals surface area contributed by atoms with Gasteiger partial charge in [-0.2, -0.15) is 4.31 Å². The molecule has 2 fully saturated rings. The van der Waals surface area contributed by atoms with E-state index >= 15 is 0 Å². The Morgan fingerprint density at radius 3 is 2.19 bits per heavy atom. The van der Waals surface area contributed by atoms with E-state index in [-0.39, 0.29) is 0 Å². The number of rotatable bonds is 5. The van der Waals surface area contributed by atoms with Crippen LogP contribution in [0.4, 0.5) is 0 Å². The molecule has 4 nitrogen and oxygen atoms in total. The van der Waals surface area contributed by atoms with Crippen molar-refractivity contribution in [1.29, 1.82) is 0 Å². The smallest absolute Gasteiger partial charge is 0.243 e. The van der Waals surface area contributed by atoms with Gasteiger partial charge in [-0.25, -0.2) is 8.42 Å². The zero-order valence-electron chi connectivity index (χ0n) is 12.4. The van der Waals surface area contributed by atoms with Crippen LogP contribution >= 0.6 is 0 Å². The molecule has 116 valence electrons. The minimum Gasteiger partial charge on any atom is -0.310 e. The maximum Gasteiger partial charge on any atom is 0.243 e. The first-order valence-corrected chi connectivity index (χ1v) is 9.43. The third kappa shape index (κ3) is 3.84. The van der Waals surface area contributed by atoms with Crippen molar-refractivity contribution in [1.82, 2.24) is 9.62 Å². The molecule has 0 bridgehead atoms. The first kappa shape index (κ1) is 15.0. The standard InChI is InChI=1S/C16H24N2O2S/c19-21(20,18-11-3-1-2-4-12-18)16-9-5-14(6-10-16)13-17-15-7-8-15/h5-6,9-10,15,17H,1-4,7-8,11-13H2. The number of sulfonamides is 1. The zero-order valence-corrected chi connectivity index (χ0v) is 13.2. The average molecular weight is 308 g/mol. The lowest BCUT2D eigenvalue weighted by atomic mass is 10.2. The van der Waals surface area contributed by atoms with Gasteiger partial charge in [0.15, 0.2) is 0 Å². The number of benzene rings is 1. The summed E-state index contributed by atoms with van der Waals surface area (Å²) in [5.74, 6) is 0. The van der Waals surface area contributed by atoms with Crippen LogP contribution in [0.2, 0.25) is 0 Å². The van der Waals surface area contributed by atoms with Crippen LogP contribution in [0, 0.1) is 0 Å². The van der Waals surface area contributed by atoms with Crippen molar-refractivity contribution in [3.05, 3.63) is 29.8 Å². The molecule has 0 spiro atoms. The molecule has 1 aliphatic heterocycles. The monoisotopic (exact) mass is 308 g/mol. The summed E-state index contributed by atoms with van der Waals surface area (Å²) in [5, 5.41) is 3.44. The van der Waals surface area contributed by atoms with E-state index in [0.29, 0.717) is 24.0 Å². The molecule has 1 saturated heterocycles. The molecule has 0 amide bonds. The van der Waals surface area contributed by atoms with Gasteiger partial charge < -0.3 is 5.32 Å². The van der Waals surface area contributed by atoms with Gasteiger partial charge in [0.25, 0.3) is 0 Å². The molecule has 0 unspecified atom stereocenters. The van der Waals surface area contributed by atoms with Crippen molar-refractivity contribution in [2.75, 3.05) is 13.1 Å². The fourth-order valence-electron chi connectivity index (χ4n) is 2.76. The minimum absolute atomic E-state index is 0.430. The lowest BCUT2D eigenvalue weighted by Crippen LogP contribution is -2.31. The van der Waals surface area contributed by atoms with Crippen LogP contribution < -0.4 is 5.32 Å². The van der Waals surface area contributed by atoms with Crippen molar-refractivity contribution in [2.24, 2.45) is 0 Å². The molecule has 1 aromatic carbocycles. The Labute approximate surface area is 127 Å². The lowest BCUT2D eigenvalue weighted by Gasteiger charge is -2.20. The van der Waals surface area contributed by atoms with Crippen molar-refractivity contribution in [3.8, 4) is 0 Å². The first-order chi connectivity index (χ1) is 10.2. The van der Waals surface area contributed by atoms with E-state index in [2.05, 4.69) is 5.32 Å². The normalized spacial score (nSPS) is 21.1. The third-order valence-electron chi connectivity index (χ3n) is 4.30. The second-order valence-electron chi connectivity index (χ2n) is 6.12. The van der Waals surface area contributed by atoms with Gasteiger partial charge in [-0.3, -0.25) is 0 Å². The van der Waals surface area contributed by atoms with Gasteiger partial charge in [0.05, 0.1) is 4.90 Å². The summed E-state index contributed by atoms with van der Waals surface area (Å²) in [6.07, 6.45) is 6.75. The number of nitrogens with zero attached hydrogens (tertiary/aromatic N) is 1. The molecule has 0 atom stereocenters. The molecule has 1 aliphatic carbocycles. The first-order valence-electron chi connectivity index (χ1n) is 7.99. The van der Waals surface area contributed by atoms with E-state index in [1.54, 1.807) is 16.4 Å². The molecule has 3 rings (SSSR count). The third-order valence-corrected chi connectivity index (χ3v) is 6.21. The molecule has 21 heavy (non-hydrogen) atoms. The summed E-state index contributed by atoms with van der Waals surface area (Å²) >= 11 is 0. The summed E-state index contributed by atoms with van der Waals surface area (Å²) in [5.41, 5.74) is 1.15. The van der Waals surface area contributed by atoms with Crippen LogP contribution in [0.3, 0.4) is 0 Å². The van der Waals surface area contributed by atoms with Crippen LogP contribution in [0.15, 0.2) is 29.2 Å². The molecule has 2 aliphatic rings. The van der Waals surface area contributed by atoms with E-state index in [1.807, 2.05) is 12.1 Å². The van der Waals surface area contributed by atoms with Crippen molar-refractivity contribution in [2.45, 2.75) is 56.0 Å². The molecule has 1 N–H and O–H groups in total. The summed E-state index contributed by atoms with van der Waals surface area (Å²) in [6.45, 7) is 2.15. The van der Waals surface area contributed by atoms with Crippen LogP contribution in [0.5, 0.6) is 0 Å². The molecule has 0 radical (unpaired) electrons. The van der Waals surface area contributed by atoms with Crippen molar-refractivity contribution in [3.63, 3.8) is 0 Å². The zero-order chi connectivity index (χ0) is 14.7. The predicted molar refractivity (Wildman–Crippen MR) is 83.5 cm³/mol. The summed E-state index contributed by atoms with van der Waals surface area (Å²) in [6, 6.07) is 8.04. The Morgan fingerprint density at radius 1 is 1.00 bits per heavy atom. The highest BCUT2D eigenvalue weighted by Crippen LogP contribution is 2.22. The number of hydrogen-bond donors (Lipinski definition) is 1. The summed E-state index contributed by atoms with van der Waals surface area (Å²) in [4.78, 5) is 0.430. The van der Waals surface area contributed by atoms with E-state index in [1.165, 1.54) is 12.8 Å². The fraction of sp³-hybridized carbons (Fsp3) is 0.625. The Kier molecular flexibility index (Phi) is 4.62. The Hall–Kier alpha value is -0.910. The van der Waals surface area contributed by atoms with Gasteiger partial charge >= 0.3 is 0 Å². The van der Waals surface area contributed by atoms with Gasteiger partial charge in [0.2, 0.25) is 10.0 Å². The van der Waals surface area contributed by atoms with Crippen LogP contribution in [0.1, 0.15) is 44.1 Å². The quantitative estimate of drug-likeness (QED) is 0.909. The molecular formula is C16H24N2O2S.